The average molecular weight is 335 g/mol. The summed E-state index contributed by atoms with van der Waals surface area (Å²) in [5.74, 6) is -0.632. The Morgan fingerprint density at radius 3 is 2.76 bits per heavy atom. The summed E-state index contributed by atoms with van der Waals surface area (Å²) in [6.45, 7) is 0.0778. The number of benzene rings is 1. The highest BCUT2D eigenvalue weighted by atomic mass is 35.5. The van der Waals surface area contributed by atoms with Crippen molar-refractivity contribution in [1.29, 1.82) is 0 Å². The van der Waals surface area contributed by atoms with E-state index in [-0.39, 0.29) is 28.8 Å². The Morgan fingerprint density at radius 1 is 1.38 bits per heavy atom. The number of sulfonamides is 1. The fourth-order valence-corrected chi connectivity index (χ4v) is 2.82. The predicted molar refractivity (Wildman–Crippen MR) is 72.5 cm³/mol. The molecule has 0 aliphatic heterocycles. The van der Waals surface area contributed by atoms with Gasteiger partial charge >= 0.3 is 0 Å². The average Bonchev–Trinajstić information content (AvgIpc) is 2.95. The first-order chi connectivity index (χ1) is 9.94. The highest BCUT2D eigenvalue weighted by Crippen LogP contribution is 2.24. The van der Waals surface area contributed by atoms with Gasteiger partial charge in [0, 0.05) is 6.54 Å². The van der Waals surface area contributed by atoms with E-state index in [0.29, 0.717) is 5.56 Å². The van der Waals surface area contributed by atoms with Gasteiger partial charge in [0.05, 0.1) is 16.5 Å². The van der Waals surface area contributed by atoms with Crippen LogP contribution in [0.25, 0.3) is 0 Å². The summed E-state index contributed by atoms with van der Waals surface area (Å²) in [4.78, 5) is 3.46. The molecule has 2 aromatic rings. The lowest BCUT2D eigenvalue weighted by atomic mass is 10.2. The third-order valence-corrected chi connectivity index (χ3v) is 4.39. The van der Waals surface area contributed by atoms with E-state index in [4.69, 9.17) is 11.6 Å². The van der Waals surface area contributed by atoms with Crippen LogP contribution in [0, 0.1) is 5.82 Å². The number of hydrogen-bond donors (Lipinski definition) is 2. The van der Waals surface area contributed by atoms with Gasteiger partial charge in [0.2, 0.25) is 16.4 Å². The van der Waals surface area contributed by atoms with Crippen molar-refractivity contribution >= 4 is 21.6 Å². The molecule has 0 atom stereocenters. The van der Waals surface area contributed by atoms with Crippen molar-refractivity contribution in [3.63, 3.8) is 0 Å². The maximum absolute atomic E-state index is 13.7. The molecule has 0 saturated heterocycles. The Hall–Kier alpha value is -1.55. The Labute approximate surface area is 125 Å². The van der Waals surface area contributed by atoms with Gasteiger partial charge in [-0.15, -0.1) is 0 Å². The van der Waals surface area contributed by atoms with Crippen molar-refractivity contribution < 1.29 is 17.3 Å². The standard InChI is InChI=1S/C11H12ClFN4O3S/c1-14-4-7-2-8(3-9(13)11(7)12)21(18,19)16-5-10-15-6-20-17-10/h2-3,6,14,16H,4-5H2,1H3. The number of halogens is 2. The maximum atomic E-state index is 13.7. The topological polar surface area (TPSA) is 97.1 Å². The van der Waals surface area contributed by atoms with Crippen LogP contribution < -0.4 is 10.0 Å². The largest absolute Gasteiger partial charge is 0.343 e. The minimum atomic E-state index is -3.91. The summed E-state index contributed by atoms with van der Waals surface area (Å²) in [6, 6.07) is 2.17. The second-order valence-electron chi connectivity index (χ2n) is 4.08. The lowest BCUT2D eigenvalue weighted by Gasteiger charge is -2.10. The molecule has 0 unspecified atom stereocenters. The van der Waals surface area contributed by atoms with Crippen LogP contribution in [0.2, 0.25) is 5.02 Å². The third kappa shape index (κ3) is 3.76. The number of nitrogens with one attached hydrogen (secondary N) is 2. The lowest BCUT2D eigenvalue weighted by Crippen LogP contribution is -2.24. The SMILES string of the molecule is CNCc1cc(S(=O)(=O)NCc2ncon2)cc(F)c1Cl. The van der Waals surface area contributed by atoms with E-state index >= 15 is 0 Å². The number of rotatable bonds is 6. The molecule has 2 N–H and O–H groups in total. The van der Waals surface area contributed by atoms with Crippen molar-refractivity contribution in [2.75, 3.05) is 7.05 Å². The van der Waals surface area contributed by atoms with Crippen LogP contribution in [0.3, 0.4) is 0 Å². The van der Waals surface area contributed by atoms with Crippen LogP contribution in [0.4, 0.5) is 4.39 Å². The second-order valence-corrected chi connectivity index (χ2v) is 6.23. The van der Waals surface area contributed by atoms with E-state index in [0.717, 1.165) is 12.5 Å². The molecule has 114 valence electrons. The molecule has 1 aromatic carbocycles. The number of aromatic nitrogens is 2. The first-order valence-electron chi connectivity index (χ1n) is 5.81. The molecule has 10 heteroatoms. The predicted octanol–water partition coefficient (Wildman–Crippen LogP) is 1.06. The van der Waals surface area contributed by atoms with Crippen LogP contribution in [-0.4, -0.2) is 25.6 Å². The van der Waals surface area contributed by atoms with Gasteiger partial charge in [0.15, 0.2) is 5.82 Å². The number of nitrogens with zero attached hydrogens (tertiary/aromatic N) is 2. The first kappa shape index (κ1) is 15.8. The van der Waals surface area contributed by atoms with Gasteiger partial charge in [0.25, 0.3) is 0 Å². The van der Waals surface area contributed by atoms with E-state index in [9.17, 15) is 12.8 Å². The van der Waals surface area contributed by atoms with Gasteiger partial charge in [-0.3, -0.25) is 0 Å². The van der Waals surface area contributed by atoms with Gasteiger partial charge in [-0.2, -0.15) is 4.98 Å². The molecule has 0 spiro atoms. The normalized spacial score (nSPS) is 11.8. The van der Waals surface area contributed by atoms with Gasteiger partial charge in [-0.1, -0.05) is 16.8 Å². The number of hydrogen-bond acceptors (Lipinski definition) is 6. The van der Waals surface area contributed by atoms with Gasteiger partial charge in [-0.25, -0.2) is 17.5 Å². The molecule has 0 aliphatic rings. The van der Waals surface area contributed by atoms with Crippen molar-refractivity contribution in [3.05, 3.63) is 40.8 Å². The smallest absolute Gasteiger partial charge is 0.241 e. The maximum Gasteiger partial charge on any atom is 0.241 e. The van der Waals surface area contributed by atoms with E-state index in [1.807, 2.05) is 0 Å². The van der Waals surface area contributed by atoms with E-state index < -0.39 is 15.8 Å². The first-order valence-corrected chi connectivity index (χ1v) is 7.67. The zero-order valence-corrected chi connectivity index (χ0v) is 12.5. The molecule has 2 rings (SSSR count). The van der Waals surface area contributed by atoms with Crippen LogP contribution in [-0.2, 0) is 23.1 Å². The zero-order chi connectivity index (χ0) is 15.5. The summed E-state index contributed by atoms with van der Waals surface area (Å²) < 4.78 is 44.7. The molecule has 0 amide bonds. The van der Waals surface area contributed by atoms with Crippen molar-refractivity contribution in [3.8, 4) is 0 Å². The zero-order valence-electron chi connectivity index (χ0n) is 10.9. The highest BCUT2D eigenvalue weighted by Gasteiger charge is 2.19. The van der Waals surface area contributed by atoms with Crippen LogP contribution >= 0.6 is 11.6 Å². The summed E-state index contributed by atoms with van der Waals surface area (Å²) in [5.41, 5.74) is 0.346. The van der Waals surface area contributed by atoms with Crippen molar-refractivity contribution in [2.24, 2.45) is 0 Å². The Kier molecular flexibility index (Phi) is 4.88. The Morgan fingerprint density at radius 2 is 2.14 bits per heavy atom. The monoisotopic (exact) mass is 334 g/mol. The minimum Gasteiger partial charge on any atom is -0.343 e. The molecule has 0 radical (unpaired) electrons. The third-order valence-electron chi connectivity index (χ3n) is 2.58. The highest BCUT2D eigenvalue weighted by molar-refractivity contribution is 7.89. The molecule has 0 saturated carbocycles. The Bertz CT molecular complexity index is 721. The molecule has 1 heterocycles. The summed E-state index contributed by atoms with van der Waals surface area (Å²) in [7, 11) is -2.27. The second kappa shape index (κ2) is 6.48. The van der Waals surface area contributed by atoms with Crippen LogP contribution in [0.15, 0.2) is 27.9 Å². The molecular weight excluding hydrogens is 323 g/mol. The molecular formula is C11H12ClFN4O3S. The summed E-state index contributed by atoms with van der Waals surface area (Å²) in [5, 5.41) is 6.15. The molecule has 0 bridgehead atoms. The van der Waals surface area contributed by atoms with Gasteiger partial charge in [0.1, 0.15) is 5.82 Å². The van der Waals surface area contributed by atoms with Gasteiger partial charge in [-0.05, 0) is 24.7 Å². The van der Waals surface area contributed by atoms with Crippen LogP contribution in [0.5, 0.6) is 0 Å². The van der Waals surface area contributed by atoms with Crippen molar-refractivity contribution in [1.82, 2.24) is 20.2 Å². The Balaban J connectivity index is 2.27. The van der Waals surface area contributed by atoms with Gasteiger partial charge < -0.3 is 9.84 Å². The molecule has 1 aromatic heterocycles. The lowest BCUT2D eigenvalue weighted by molar-refractivity contribution is 0.409. The quantitative estimate of drug-likeness (QED) is 0.820. The summed E-state index contributed by atoms with van der Waals surface area (Å²) >= 11 is 5.79. The van der Waals surface area contributed by atoms with E-state index in [1.54, 1.807) is 7.05 Å². The van der Waals surface area contributed by atoms with E-state index in [2.05, 4.69) is 24.7 Å². The summed E-state index contributed by atoms with van der Waals surface area (Å²) in [6.07, 6.45) is 1.08. The van der Waals surface area contributed by atoms with Crippen molar-refractivity contribution in [2.45, 2.75) is 18.0 Å². The fourth-order valence-electron chi connectivity index (χ4n) is 1.61. The minimum absolute atomic E-state index is 0.110. The molecule has 7 nitrogen and oxygen atoms in total. The molecule has 0 fully saturated rings. The fraction of sp³-hybridized carbons (Fsp3) is 0.273. The van der Waals surface area contributed by atoms with E-state index in [1.165, 1.54) is 6.07 Å². The van der Waals surface area contributed by atoms with Crippen LogP contribution in [0.1, 0.15) is 11.4 Å². The molecule has 21 heavy (non-hydrogen) atoms. The molecule has 0 aliphatic carbocycles.